The van der Waals surface area contributed by atoms with Crippen molar-refractivity contribution in [1.82, 2.24) is 10.4 Å². The Morgan fingerprint density at radius 2 is 1.96 bits per heavy atom. The Hall–Kier alpha value is -2.28. The summed E-state index contributed by atoms with van der Waals surface area (Å²) in [6.45, 7) is 4.36. The van der Waals surface area contributed by atoms with Crippen molar-refractivity contribution in [3.8, 4) is 5.75 Å². The van der Waals surface area contributed by atoms with Gasteiger partial charge in [0.15, 0.2) is 6.04 Å². The van der Waals surface area contributed by atoms with Crippen molar-refractivity contribution in [2.24, 2.45) is 5.92 Å². The lowest BCUT2D eigenvalue weighted by atomic mass is 9.97. The summed E-state index contributed by atoms with van der Waals surface area (Å²) in [4.78, 5) is 11.5. The molecule has 140 valence electrons. The van der Waals surface area contributed by atoms with E-state index < -0.39 is 18.1 Å². The maximum absolute atomic E-state index is 13.9. The molecule has 0 bridgehead atoms. The van der Waals surface area contributed by atoms with Crippen molar-refractivity contribution in [2.75, 3.05) is 13.2 Å². The molecule has 1 saturated heterocycles. The van der Waals surface area contributed by atoms with Gasteiger partial charge in [-0.3, -0.25) is 10.2 Å². The van der Waals surface area contributed by atoms with Gasteiger partial charge < -0.3 is 4.74 Å². The van der Waals surface area contributed by atoms with E-state index in [4.69, 9.17) is 4.74 Å². The SMILES string of the molecule is CC(C)COc1cc([C@H](N2CCC(=O)N2)C(F)(F)F)c2ccccc2c1. The van der Waals surface area contributed by atoms with Crippen LogP contribution in [0.2, 0.25) is 0 Å². The summed E-state index contributed by atoms with van der Waals surface area (Å²) in [5.74, 6) is 0.240. The Kier molecular flexibility index (Phi) is 5.09. The van der Waals surface area contributed by atoms with Gasteiger partial charge in [-0.25, -0.2) is 5.01 Å². The number of amides is 1. The third-order valence-electron chi connectivity index (χ3n) is 4.22. The first kappa shape index (κ1) is 18.5. The summed E-state index contributed by atoms with van der Waals surface area (Å²) in [6.07, 6.45) is -4.49. The van der Waals surface area contributed by atoms with Crippen LogP contribution in [0, 0.1) is 5.92 Å². The Balaban J connectivity index is 2.11. The second-order valence-electron chi connectivity index (χ2n) is 6.86. The van der Waals surface area contributed by atoms with E-state index in [0.717, 1.165) is 5.01 Å². The summed E-state index contributed by atoms with van der Waals surface area (Å²) in [5, 5.41) is 2.13. The molecule has 26 heavy (non-hydrogen) atoms. The highest BCUT2D eigenvalue weighted by atomic mass is 19.4. The fraction of sp³-hybridized carbons (Fsp3) is 0.421. The molecule has 2 aromatic rings. The van der Waals surface area contributed by atoms with Gasteiger partial charge in [-0.1, -0.05) is 38.1 Å². The number of hydrogen-bond donors (Lipinski definition) is 1. The molecule has 1 aliphatic rings. The number of hydrazine groups is 1. The standard InChI is InChI=1S/C19H21F3N2O2/c1-12(2)11-26-14-9-13-5-3-4-6-15(13)16(10-14)18(19(20,21)22)24-8-7-17(25)23-24/h3-6,9-10,12,18H,7-8,11H2,1-2H3,(H,23,25)/t18-/m0/s1. The fourth-order valence-corrected chi connectivity index (χ4v) is 3.09. The van der Waals surface area contributed by atoms with Crippen LogP contribution in [0.4, 0.5) is 13.2 Å². The maximum Gasteiger partial charge on any atom is 0.409 e. The summed E-state index contributed by atoms with van der Waals surface area (Å²) >= 11 is 0. The number of fused-ring (bicyclic) bond motifs is 1. The molecule has 0 spiro atoms. The Morgan fingerprint density at radius 1 is 1.23 bits per heavy atom. The topological polar surface area (TPSA) is 41.6 Å². The van der Waals surface area contributed by atoms with Gasteiger partial charge in [0.2, 0.25) is 5.91 Å². The van der Waals surface area contributed by atoms with Crippen LogP contribution >= 0.6 is 0 Å². The van der Waals surface area contributed by atoms with Gasteiger partial charge in [-0.2, -0.15) is 13.2 Å². The summed E-state index contributed by atoms with van der Waals surface area (Å²) < 4.78 is 47.5. The smallest absolute Gasteiger partial charge is 0.409 e. The molecule has 4 nitrogen and oxygen atoms in total. The summed E-state index contributed by atoms with van der Waals surface area (Å²) in [6, 6.07) is 8.16. The zero-order valence-electron chi connectivity index (χ0n) is 14.6. The number of halogens is 3. The maximum atomic E-state index is 13.9. The predicted molar refractivity (Wildman–Crippen MR) is 92.5 cm³/mol. The van der Waals surface area contributed by atoms with E-state index in [0.29, 0.717) is 23.1 Å². The normalized spacial score (nSPS) is 16.9. The van der Waals surface area contributed by atoms with Crippen LogP contribution < -0.4 is 10.2 Å². The average molecular weight is 366 g/mol. The molecule has 1 amide bonds. The number of carbonyl (C=O) groups excluding carboxylic acids is 1. The molecule has 0 unspecified atom stereocenters. The van der Waals surface area contributed by atoms with Crippen molar-refractivity contribution in [2.45, 2.75) is 32.5 Å². The van der Waals surface area contributed by atoms with Crippen LogP contribution in [0.25, 0.3) is 10.8 Å². The molecule has 1 atom stereocenters. The van der Waals surface area contributed by atoms with E-state index in [-0.39, 0.29) is 24.4 Å². The van der Waals surface area contributed by atoms with Crippen LogP contribution in [0.3, 0.4) is 0 Å². The third-order valence-corrected chi connectivity index (χ3v) is 4.22. The molecule has 0 aromatic heterocycles. The van der Waals surface area contributed by atoms with Gasteiger partial charge in [0.1, 0.15) is 5.75 Å². The molecule has 0 aliphatic carbocycles. The lowest BCUT2D eigenvalue weighted by Gasteiger charge is -2.30. The minimum Gasteiger partial charge on any atom is -0.493 e. The molecule has 0 saturated carbocycles. The number of alkyl halides is 3. The number of hydrogen-bond acceptors (Lipinski definition) is 3. The molecule has 1 N–H and O–H groups in total. The molecular formula is C19H21F3N2O2. The largest absolute Gasteiger partial charge is 0.493 e. The highest BCUT2D eigenvalue weighted by molar-refractivity contribution is 5.88. The van der Waals surface area contributed by atoms with Gasteiger partial charge in [-0.05, 0) is 34.4 Å². The van der Waals surface area contributed by atoms with Crippen molar-refractivity contribution in [3.05, 3.63) is 42.0 Å². The van der Waals surface area contributed by atoms with Gasteiger partial charge in [0.05, 0.1) is 6.61 Å². The van der Waals surface area contributed by atoms with Gasteiger partial charge in [-0.15, -0.1) is 0 Å². The van der Waals surface area contributed by atoms with Crippen LogP contribution in [-0.2, 0) is 4.79 Å². The van der Waals surface area contributed by atoms with Crippen LogP contribution in [-0.4, -0.2) is 30.2 Å². The molecule has 0 radical (unpaired) electrons. The summed E-state index contributed by atoms with van der Waals surface area (Å²) in [5.41, 5.74) is 2.41. The predicted octanol–water partition coefficient (Wildman–Crippen LogP) is 4.21. The zero-order valence-corrected chi connectivity index (χ0v) is 14.6. The van der Waals surface area contributed by atoms with Crippen molar-refractivity contribution in [3.63, 3.8) is 0 Å². The van der Waals surface area contributed by atoms with Gasteiger partial charge in [0.25, 0.3) is 0 Å². The van der Waals surface area contributed by atoms with E-state index in [9.17, 15) is 18.0 Å². The van der Waals surface area contributed by atoms with Crippen LogP contribution in [0.5, 0.6) is 5.75 Å². The Bertz CT molecular complexity index is 805. The molecule has 1 aliphatic heterocycles. The minimum absolute atomic E-state index is 0.00835. The lowest BCUT2D eigenvalue weighted by Crippen LogP contribution is -2.43. The number of carbonyl (C=O) groups is 1. The number of nitrogens with zero attached hydrogens (tertiary/aromatic N) is 1. The van der Waals surface area contributed by atoms with Crippen molar-refractivity contribution in [1.29, 1.82) is 0 Å². The second kappa shape index (κ2) is 7.15. The quantitative estimate of drug-likeness (QED) is 0.862. The monoisotopic (exact) mass is 366 g/mol. The van der Waals surface area contributed by atoms with Crippen molar-refractivity contribution < 1.29 is 22.7 Å². The van der Waals surface area contributed by atoms with E-state index in [1.807, 2.05) is 13.8 Å². The van der Waals surface area contributed by atoms with Crippen LogP contribution in [0.15, 0.2) is 36.4 Å². The Labute approximate surface area is 149 Å². The highest BCUT2D eigenvalue weighted by Crippen LogP contribution is 2.42. The Morgan fingerprint density at radius 3 is 2.58 bits per heavy atom. The number of benzene rings is 2. The number of rotatable bonds is 5. The molecule has 7 heteroatoms. The van der Waals surface area contributed by atoms with E-state index in [1.54, 1.807) is 30.3 Å². The molecule has 3 rings (SSSR count). The fourth-order valence-electron chi connectivity index (χ4n) is 3.09. The molecule has 1 heterocycles. The minimum atomic E-state index is -4.54. The summed E-state index contributed by atoms with van der Waals surface area (Å²) in [7, 11) is 0. The zero-order chi connectivity index (χ0) is 18.9. The first-order chi connectivity index (χ1) is 12.3. The van der Waals surface area contributed by atoms with Gasteiger partial charge in [0, 0.05) is 13.0 Å². The average Bonchev–Trinajstić information content (AvgIpc) is 2.97. The third kappa shape index (κ3) is 3.93. The number of ether oxygens (including phenoxy) is 1. The first-order valence-corrected chi connectivity index (χ1v) is 8.54. The molecular weight excluding hydrogens is 345 g/mol. The van der Waals surface area contributed by atoms with Gasteiger partial charge >= 0.3 is 6.18 Å². The van der Waals surface area contributed by atoms with Crippen LogP contribution in [0.1, 0.15) is 31.9 Å². The second-order valence-corrected chi connectivity index (χ2v) is 6.86. The number of nitrogens with one attached hydrogen (secondary N) is 1. The van der Waals surface area contributed by atoms with E-state index in [2.05, 4.69) is 5.43 Å². The molecule has 2 aromatic carbocycles. The van der Waals surface area contributed by atoms with E-state index >= 15 is 0 Å². The lowest BCUT2D eigenvalue weighted by molar-refractivity contribution is -0.190. The molecule has 1 fully saturated rings. The van der Waals surface area contributed by atoms with Crippen molar-refractivity contribution >= 4 is 16.7 Å². The first-order valence-electron chi connectivity index (χ1n) is 8.54. The highest BCUT2D eigenvalue weighted by Gasteiger charge is 2.47. The van der Waals surface area contributed by atoms with E-state index in [1.165, 1.54) is 6.07 Å².